The Hall–Kier alpha value is -1.76. The topological polar surface area (TPSA) is 81.7 Å². The van der Waals surface area contributed by atoms with Gasteiger partial charge in [-0.3, -0.25) is 4.79 Å². The number of hydrogen-bond acceptors (Lipinski definition) is 6. The van der Waals surface area contributed by atoms with Gasteiger partial charge in [0.2, 0.25) is 0 Å². The van der Waals surface area contributed by atoms with Crippen molar-refractivity contribution in [3.63, 3.8) is 0 Å². The predicted octanol–water partition coefficient (Wildman–Crippen LogP) is 4.27. The van der Waals surface area contributed by atoms with E-state index in [1.165, 1.54) is 13.0 Å². The lowest BCUT2D eigenvalue weighted by Crippen LogP contribution is -2.14. The summed E-state index contributed by atoms with van der Waals surface area (Å²) in [4.78, 5) is 35.2. The molecule has 0 amide bonds. The molecule has 6 nitrogen and oxygen atoms in total. The fourth-order valence-corrected chi connectivity index (χ4v) is 2.48. The molecular formula is C16H16Cl3NO5. The van der Waals surface area contributed by atoms with Crippen molar-refractivity contribution >= 4 is 58.2 Å². The number of ether oxygens (including phenoxy) is 2. The third-order valence-corrected chi connectivity index (χ3v) is 4.13. The number of hydrogen-bond donors (Lipinski definition) is 1. The van der Waals surface area contributed by atoms with E-state index >= 15 is 0 Å². The Balaban J connectivity index is 3.29. The second-order valence-electron chi connectivity index (χ2n) is 4.79. The minimum Gasteiger partial charge on any atom is -0.465 e. The average molecular weight is 409 g/mol. The number of methoxy groups -OCH3 is 1. The van der Waals surface area contributed by atoms with Gasteiger partial charge in [0.1, 0.15) is 11.1 Å². The van der Waals surface area contributed by atoms with Gasteiger partial charge in [0.15, 0.2) is 5.78 Å². The van der Waals surface area contributed by atoms with Crippen LogP contribution in [-0.4, -0.2) is 31.4 Å². The summed E-state index contributed by atoms with van der Waals surface area (Å²) in [6, 6.07) is 1.36. The lowest BCUT2D eigenvalue weighted by Gasteiger charge is -2.13. The Morgan fingerprint density at radius 2 is 1.84 bits per heavy atom. The van der Waals surface area contributed by atoms with Crippen molar-refractivity contribution in [1.29, 1.82) is 0 Å². The molecule has 0 saturated carbocycles. The monoisotopic (exact) mass is 407 g/mol. The van der Waals surface area contributed by atoms with Crippen molar-refractivity contribution < 1.29 is 23.9 Å². The average Bonchev–Trinajstić information content (AvgIpc) is 2.56. The number of halogens is 3. The first-order chi connectivity index (χ1) is 11.7. The van der Waals surface area contributed by atoms with Gasteiger partial charge >= 0.3 is 11.9 Å². The second kappa shape index (κ2) is 9.65. The molecule has 0 heterocycles. The Bertz CT molecular complexity index is 731. The highest BCUT2D eigenvalue weighted by Gasteiger charge is 2.22. The van der Waals surface area contributed by atoms with Crippen molar-refractivity contribution in [2.45, 2.75) is 20.3 Å². The fourth-order valence-electron chi connectivity index (χ4n) is 1.72. The summed E-state index contributed by atoms with van der Waals surface area (Å²) in [5, 5.41) is 2.60. The maximum absolute atomic E-state index is 12.1. The van der Waals surface area contributed by atoms with Gasteiger partial charge in [-0.15, -0.1) is 0 Å². The number of Topliss-reactive ketones (excluding diaryl/α,β-unsaturated/α-hetero) is 1. The van der Waals surface area contributed by atoms with Crippen molar-refractivity contribution in [2.24, 2.45) is 0 Å². The van der Waals surface area contributed by atoms with Crippen LogP contribution in [0.3, 0.4) is 0 Å². The van der Waals surface area contributed by atoms with Crippen molar-refractivity contribution in [1.82, 2.24) is 0 Å². The summed E-state index contributed by atoms with van der Waals surface area (Å²) in [6.07, 6.45) is 1.73. The molecule has 0 fully saturated rings. The molecule has 1 N–H and O–H groups in total. The van der Waals surface area contributed by atoms with E-state index in [0.29, 0.717) is 6.42 Å². The molecule has 9 heteroatoms. The van der Waals surface area contributed by atoms with Gasteiger partial charge in [0.05, 0.1) is 34.5 Å². The molecule has 0 atom stereocenters. The lowest BCUT2D eigenvalue weighted by atomic mass is 10.1. The molecule has 136 valence electrons. The van der Waals surface area contributed by atoms with Crippen molar-refractivity contribution in [3.05, 3.63) is 38.5 Å². The zero-order valence-corrected chi connectivity index (χ0v) is 16.0. The van der Waals surface area contributed by atoms with Crippen LogP contribution in [0.2, 0.25) is 15.1 Å². The van der Waals surface area contributed by atoms with Crippen LogP contribution in [0.4, 0.5) is 5.69 Å². The molecular weight excluding hydrogens is 393 g/mol. The molecule has 0 spiro atoms. The predicted molar refractivity (Wildman–Crippen MR) is 96.4 cm³/mol. The third kappa shape index (κ3) is 5.36. The van der Waals surface area contributed by atoms with Gasteiger partial charge in [-0.2, -0.15) is 0 Å². The van der Waals surface area contributed by atoms with Crippen LogP contribution in [0.15, 0.2) is 17.8 Å². The number of benzene rings is 1. The van der Waals surface area contributed by atoms with Gasteiger partial charge in [0.25, 0.3) is 0 Å². The van der Waals surface area contributed by atoms with E-state index in [-0.39, 0.29) is 38.5 Å². The summed E-state index contributed by atoms with van der Waals surface area (Å²) in [7, 11) is 1.15. The minimum absolute atomic E-state index is 0.0489. The Morgan fingerprint density at radius 1 is 1.20 bits per heavy atom. The summed E-state index contributed by atoms with van der Waals surface area (Å²) in [5.74, 6) is -2.07. The molecule has 1 rings (SSSR count). The standard InChI is InChI=1S/C16H16Cl3NO5/c1-4-5-25-16(23)12-13(18)10(17)6-11(14(12)19)20-7-9(8(2)21)15(22)24-3/h6-7,20H,4-5H2,1-3H3. The van der Waals surface area contributed by atoms with E-state index in [0.717, 1.165) is 13.3 Å². The molecule has 0 unspecified atom stereocenters. The molecule has 0 aliphatic heterocycles. The van der Waals surface area contributed by atoms with Crippen LogP contribution < -0.4 is 5.32 Å². The Labute approximate surface area is 160 Å². The Morgan fingerprint density at radius 3 is 2.36 bits per heavy atom. The van der Waals surface area contributed by atoms with Gasteiger partial charge in [0, 0.05) is 6.20 Å². The highest BCUT2D eigenvalue weighted by atomic mass is 35.5. The summed E-state index contributed by atoms with van der Waals surface area (Å²) in [6.45, 7) is 3.23. The molecule has 0 bridgehead atoms. The number of carbonyl (C=O) groups excluding carboxylic acids is 3. The largest absolute Gasteiger partial charge is 0.465 e. The fraction of sp³-hybridized carbons (Fsp3) is 0.312. The first kappa shape index (κ1) is 21.3. The normalized spacial score (nSPS) is 11.0. The van der Waals surface area contributed by atoms with Crippen LogP contribution in [0.5, 0.6) is 0 Å². The smallest absolute Gasteiger partial charge is 0.342 e. The van der Waals surface area contributed by atoms with Gasteiger partial charge in [-0.1, -0.05) is 41.7 Å². The van der Waals surface area contributed by atoms with Crippen LogP contribution >= 0.6 is 34.8 Å². The SMILES string of the molecule is CCCOC(=O)c1c(Cl)c(Cl)cc(NC=C(C(C)=O)C(=O)OC)c1Cl. The number of ketones is 1. The van der Waals surface area contributed by atoms with Gasteiger partial charge in [-0.25, -0.2) is 9.59 Å². The molecule has 0 aromatic heterocycles. The number of carbonyl (C=O) groups is 3. The van der Waals surface area contributed by atoms with Crippen LogP contribution in [0.25, 0.3) is 0 Å². The third-order valence-electron chi connectivity index (χ3n) is 2.95. The highest BCUT2D eigenvalue weighted by molar-refractivity contribution is 6.47. The minimum atomic E-state index is -0.821. The van der Waals surface area contributed by atoms with Crippen molar-refractivity contribution in [2.75, 3.05) is 19.0 Å². The quantitative estimate of drug-likeness (QED) is 0.238. The Kier molecular flexibility index (Phi) is 8.22. The highest BCUT2D eigenvalue weighted by Crippen LogP contribution is 2.38. The zero-order valence-electron chi connectivity index (χ0n) is 13.7. The number of nitrogens with one attached hydrogen (secondary N) is 1. The van der Waals surface area contributed by atoms with E-state index < -0.39 is 17.7 Å². The van der Waals surface area contributed by atoms with Crippen LogP contribution in [0, 0.1) is 0 Å². The van der Waals surface area contributed by atoms with Gasteiger partial charge in [-0.05, 0) is 19.4 Å². The molecule has 0 radical (unpaired) electrons. The van der Waals surface area contributed by atoms with E-state index in [9.17, 15) is 14.4 Å². The first-order valence-electron chi connectivity index (χ1n) is 7.15. The molecule has 1 aromatic carbocycles. The zero-order chi connectivity index (χ0) is 19.1. The van der Waals surface area contributed by atoms with E-state index in [2.05, 4.69) is 10.1 Å². The van der Waals surface area contributed by atoms with Crippen LogP contribution in [0.1, 0.15) is 30.6 Å². The molecule has 1 aromatic rings. The number of anilines is 1. The molecule has 0 aliphatic rings. The molecule has 25 heavy (non-hydrogen) atoms. The number of rotatable bonds is 7. The number of esters is 2. The molecule has 0 aliphatic carbocycles. The van der Waals surface area contributed by atoms with E-state index in [1.807, 2.05) is 6.92 Å². The summed E-state index contributed by atoms with van der Waals surface area (Å²) in [5.41, 5.74) is -0.176. The second-order valence-corrected chi connectivity index (χ2v) is 5.96. The summed E-state index contributed by atoms with van der Waals surface area (Å²) < 4.78 is 9.55. The van der Waals surface area contributed by atoms with Crippen molar-refractivity contribution in [3.8, 4) is 0 Å². The van der Waals surface area contributed by atoms with E-state index in [4.69, 9.17) is 39.5 Å². The maximum atomic E-state index is 12.1. The lowest BCUT2D eigenvalue weighted by molar-refractivity contribution is -0.137. The summed E-state index contributed by atoms with van der Waals surface area (Å²) >= 11 is 18.3. The maximum Gasteiger partial charge on any atom is 0.342 e. The van der Waals surface area contributed by atoms with Crippen LogP contribution in [-0.2, 0) is 19.1 Å². The molecule has 0 saturated heterocycles. The first-order valence-corrected chi connectivity index (χ1v) is 8.28. The van der Waals surface area contributed by atoms with E-state index in [1.54, 1.807) is 0 Å². The van der Waals surface area contributed by atoms with Gasteiger partial charge < -0.3 is 14.8 Å².